The van der Waals surface area contributed by atoms with E-state index in [1.165, 1.54) is 30.6 Å². The molecule has 35 nitrogen and oxygen atoms in total. The molecule has 0 aromatic carbocycles. The summed E-state index contributed by atoms with van der Waals surface area (Å²) < 4.78 is 35.5. The van der Waals surface area contributed by atoms with Gasteiger partial charge in [-0.1, -0.05) is 0 Å². The normalized spacial score (nSPS) is 33.2. The second-order valence-electron chi connectivity index (χ2n) is 21.1. The number of primary amides is 1. The summed E-state index contributed by atoms with van der Waals surface area (Å²) >= 11 is 0. The molecular weight excluding hydrogens is 1130 g/mol. The van der Waals surface area contributed by atoms with Gasteiger partial charge in [0.15, 0.2) is 18.9 Å². The zero-order valence-electron chi connectivity index (χ0n) is 47.0. The van der Waals surface area contributed by atoms with Crippen LogP contribution in [0.15, 0.2) is 0 Å². The molecule has 5 fully saturated rings. The zero-order chi connectivity index (χ0) is 62.6. The first-order valence-corrected chi connectivity index (χ1v) is 27.2. The molecule has 84 heavy (non-hydrogen) atoms. The standard InChI is InChI=1S/C49H80N10O25/c1-18(41(50)73)52-43(75)25-9-7-11-58(25)46(78)26-10-8-12-59(26)45(77)19(2)53-44(76)31(57-42(74)24(14-60)56-30(67)13-51-21(4)64)20(3)79-48-33(55-23(6)66)40(35(69)28(16-62)80-48)84-47-32(54-22(5)65)36(70)39(29(17-63)82-47)83-49-38(72)37(71)34(68)27(15-61)81-49/h18-20,24-29,31-40,47-49,60-63,68-72H,7-17H2,1-6H3,(H2,50,73)(H,51,64)(H,52,75)(H,53,76)(H,54,65)(H,55,66)(H,56,67)(H,57,74)/t18?,19?,20?,24?,25?,26?,27?,28?,29?,31?,32?,33?,34-,35-,36+,37-,38?,39+,40+,47-,48-,49-/m0/s1. The summed E-state index contributed by atoms with van der Waals surface area (Å²) in [5, 5.41) is 113. The van der Waals surface area contributed by atoms with Crippen molar-refractivity contribution >= 4 is 59.1 Å². The van der Waals surface area contributed by atoms with E-state index in [4.69, 9.17) is 34.2 Å². The van der Waals surface area contributed by atoms with Gasteiger partial charge in [0.25, 0.3) is 0 Å². The van der Waals surface area contributed by atoms with Gasteiger partial charge in [0.05, 0.1) is 39.1 Å². The van der Waals surface area contributed by atoms with Crippen LogP contribution in [-0.4, -0.2) is 295 Å². The number of aliphatic hydroxyl groups is 9. The van der Waals surface area contributed by atoms with E-state index < -0.39 is 226 Å². The molecule has 5 saturated heterocycles. The van der Waals surface area contributed by atoms with Gasteiger partial charge < -0.3 is 127 Å². The Kier molecular flexibility index (Phi) is 25.4. The summed E-state index contributed by atoms with van der Waals surface area (Å²) in [5.41, 5.74) is 5.32. The first-order valence-electron chi connectivity index (χ1n) is 27.2. The van der Waals surface area contributed by atoms with E-state index in [2.05, 4.69) is 37.2 Å². The Hall–Kier alpha value is -5.90. The number of ether oxygens (including phenoxy) is 6. The van der Waals surface area contributed by atoms with E-state index >= 15 is 0 Å². The lowest BCUT2D eigenvalue weighted by Crippen LogP contribution is -2.71. The molecule has 10 amide bonds. The van der Waals surface area contributed by atoms with Gasteiger partial charge in [0.1, 0.15) is 109 Å². The molecular formula is C49H80N10O25. The third-order valence-corrected chi connectivity index (χ3v) is 14.8. The van der Waals surface area contributed by atoms with Gasteiger partial charge >= 0.3 is 0 Å². The summed E-state index contributed by atoms with van der Waals surface area (Å²) in [6, 6.07) is -11.9. The first kappa shape index (κ1) is 68.9. The van der Waals surface area contributed by atoms with Gasteiger partial charge in [0.2, 0.25) is 59.1 Å². The topological polar surface area (TPSA) is 525 Å². The lowest BCUT2D eigenvalue weighted by molar-refractivity contribution is -0.361. The molecule has 35 heteroatoms. The predicted octanol–water partition coefficient (Wildman–Crippen LogP) is -11.3. The summed E-state index contributed by atoms with van der Waals surface area (Å²) in [5.74, 6) is -8.46. The molecule has 476 valence electrons. The molecule has 5 aliphatic heterocycles. The molecule has 0 aromatic rings. The highest BCUT2D eigenvalue weighted by molar-refractivity contribution is 5.97. The summed E-state index contributed by atoms with van der Waals surface area (Å²) in [6.45, 7) is 2.54. The van der Waals surface area contributed by atoms with Gasteiger partial charge in [-0.25, -0.2) is 0 Å². The van der Waals surface area contributed by atoms with E-state index in [1.54, 1.807) is 0 Å². The number of nitrogens with two attached hydrogens (primary N) is 1. The van der Waals surface area contributed by atoms with Crippen LogP contribution in [0, 0.1) is 0 Å². The van der Waals surface area contributed by atoms with Crippen LogP contribution in [0.4, 0.5) is 0 Å². The maximum absolute atomic E-state index is 14.6. The Bertz CT molecular complexity index is 2340. The number of likely N-dealkylation sites (tertiary alicyclic amines) is 2. The Morgan fingerprint density at radius 1 is 0.583 bits per heavy atom. The zero-order valence-corrected chi connectivity index (χ0v) is 47.0. The van der Waals surface area contributed by atoms with Crippen molar-refractivity contribution in [3.63, 3.8) is 0 Å². The number of nitrogens with one attached hydrogen (secondary N) is 7. The highest BCUT2D eigenvalue weighted by atomic mass is 16.7. The van der Waals surface area contributed by atoms with Gasteiger partial charge in [-0.15, -0.1) is 0 Å². The highest BCUT2D eigenvalue weighted by Crippen LogP contribution is 2.34. The van der Waals surface area contributed by atoms with Gasteiger partial charge in [-0.3, -0.25) is 47.9 Å². The monoisotopic (exact) mass is 1210 g/mol. The summed E-state index contributed by atoms with van der Waals surface area (Å²) in [6.07, 6.45) is -24.6. The lowest BCUT2D eigenvalue weighted by atomic mass is 9.93. The second kappa shape index (κ2) is 31.0. The number of hydrogen-bond donors (Lipinski definition) is 17. The van der Waals surface area contributed by atoms with Crippen LogP contribution >= 0.6 is 0 Å². The van der Waals surface area contributed by atoms with E-state index in [1.807, 2.05) is 0 Å². The number of carbonyl (C=O) groups is 10. The molecule has 0 saturated carbocycles. The van der Waals surface area contributed by atoms with Crippen LogP contribution in [-0.2, 0) is 76.4 Å². The third kappa shape index (κ3) is 17.0. The Morgan fingerprint density at radius 2 is 1.14 bits per heavy atom. The fraction of sp³-hybridized carbons (Fsp3) is 0.796. The second-order valence-corrected chi connectivity index (χ2v) is 21.1. The van der Waals surface area contributed by atoms with Crippen LogP contribution in [0.2, 0.25) is 0 Å². The van der Waals surface area contributed by atoms with Gasteiger partial charge in [-0.2, -0.15) is 0 Å². The third-order valence-electron chi connectivity index (χ3n) is 14.8. The van der Waals surface area contributed by atoms with Crippen molar-refractivity contribution in [1.29, 1.82) is 0 Å². The Labute approximate surface area is 480 Å². The van der Waals surface area contributed by atoms with Gasteiger partial charge in [0, 0.05) is 33.9 Å². The smallest absolute Gasteiger partial charge is 0.246 e. The molecule has 18 N–H and O–H groups in total. The van der Waals surface area contributed by atoms with Gasteiger partial charge in [-0.05, 0) is 46.5 Å². The number of nitrogens with zero attached hydrogens (tertiary/aromatic N) is 2. The van der Waals surface area contributed by atoms with Crippen molar-refractivity contribution in [1.82, 2.24) is 47.0 Å². The van der Waals surface area contributed by atoms with E-state index in [0.29, 0.717) is 12.8 Å². The first-order chi connectivity index (χ1) is 39.6. The van der Waals surface area contributed by atoms with Crippen molar-refractivity contribution in [2.24, 2.45) is 5.73 Å². The SMILES string of the molecule is CC(=O)NCC(=O)NC(CO)C(=O)NC(C(=O)NC(C)C(=O)N1CCCC1C(=O)N1CCCC1C(=O)NC(C)C(N)=O)C(C)O[C@H]1OC(CO)[C@H](O)[C@H](O[C@@H]2OC(CO)[C@@H](O[C@@H]3OC(CO)[C@H](O)[C@H](O)C3O)[C@H](O)C2NC(C)=O)C1NC(C)=O. The Balaban J connectivity index is 1.43. The molecule has 5 heterocycles. The van der Waals surface area contributed by atoms with Crippen LogP contribution in [0.1, 0.15) is 67.2 Å². The largest absolute Gasteiger partial charge is 0.394 e. The van der Waals surface area contributed by atoms with Crippen LogP contribution < -0.4 is 43.0 Å². The summed E-state index contributed by atoms with van der Waals surface area (Å²) in [7, 11) is 0. The highest BCUT2D eigenvalue weighted by Gasteiger charge is 2.55. The Morgan fingerprint density at radius 3 is 1.73 bits per heavy atom. The maximum Gasteiger partial charge on any atom is 0.246 e. The number of aliphatic hydroxyl groups excluding tert-OH is 9. The molecule has 5 rings (SSSR count). The van der Waals surface area contributed by atoms with Crippen molar-refractivity contribution < 1.29 is 122 Å². The average Bonchev–Trinajstić information content (AvgIpc) is 1.96. The van der Waals surface area contributed by atoms with E-state index in [0.717, 1.165) is 20.8 Å². The number of amides is 10. The molecule has 5 aliphatic rings. The minimum atomic E-state index is -2.00. The molecule has 0 radical (unpaired) electrons. The molecule has 22 atom stereocenters. The fourth-order valence-corrected chi connectivity index (χ4v) is 10.3. The quantitative estimate of drug-likeness (QED) is 0.0404. The molecule has 0 spiro atoms. The maximum atomic E-state index is 14.6. The number of rotatable bonds is 25. The minimum absolute atomic E-state index is 0.0349. The molecule has 13 unspecified atom stereocenters. The number of carbonyl (C=O) groups excluding carboxylic acids is 10. The van der Waals surface area contributed by atoms with Crippen molar-refractivity contribution in [2.45, 2.75) is 202 Å². The van der Waals surface area contributed by atoms with E-state index in [9.17, 15) is 93.9 Å². The molecule has 0 bridgehead atoms. The molecule has 0 aliphatic carbocycles. The average molecular weight is 1210 g/mol. The van der Waals surface area contributed by atoms with Crippen LogP contribution in [0.25, 0.3) is 0 Å². The summed E-state index contributed by atoms with van der Waals surface area (Å²) in [4.78, 5) is 134. The van der Waals surface area contributed by atoms with Crippen molar-refractivity contribution in [3.8, 4) is 0 Å². The minimum Gasteiger partial charge on any atom is -0.394 e. The lowest BCUT2D eigenvalue weighted by Gasteiger charge is -2.50. The van der Waals surface area contributed by atoms with E-state index in [-0.39, 0.29) is 25.9 Å². The predicted molar refractivity (Wildman–Crippen MR) is 276 cm³/mol. The number of hydrogen-bond acceptors (Lipinski definition) is 25. The van der Waals surface area contributed by atoms with Crippen molar-refractivity contribution in [2.75, 3.05) is 46.1 Å². The van der Waals surface area contributed by atoms with Crippen LogP contribution in [0.5, 0.6) is 0 Å². The van der Waals surface area contributed by atoms with Crippen molar-refractivity contribution in [3.05, 3.63) is 0 Å². The molecule has 0 aromatic heterocycles. The fourth-order valence-electron chi connectivity index (χ4n) is 10.3. The van der Waals surface area contributed by atoms with Crippen LogP contribution in [0.3, 0.4) is 0 Å².